The number of hydrogen-bond acceptors (Lipinski definition) is 4. The Hall–Kier alpha value is -3.32. The predicted molar refractivity (Wildman–Crippen MR) is 126 cm³/mol. The number of fused-ring (bicyclic) bond motifs is 1. The molecule has 4 rings (SSSR count). The zero-order valence-electron chi connectivity index (χ0n) is 18.4. The van der Waals surface area contributed by atoms with Gasteiger partial charge < -0.3 is 10.1 Å². The number of benzene rings is 3. The smallest absolute Gasteiger partial charge is 0.264 e. The Morgan fingerprint density at radius 1 is 1.03 bits per heavy atom. The van der Waals surface area contributed by atoms with Crippen LogP contribution in [0.3, 0.4) is 0 Å². The molecule has 0 unspecified atom stereocenters. The maximum absolute atomic E-state index is 13.4. The number of nitrogens with zero attached hydrogens (tertiary/aromatic N) is 1. The van der Waals surface area contributed by atoms with Gasteiger partial charge in [-0.1, -0.05) is 30.3 Å². The third-order valence-corrected chi connectivity index (χ3v) is 7.62. The quantitative estimate of drug-likeness (QED) is 0.611. The molecule has 0 aromatic heterocycles. The van der Waals surface area contributed by atoms with Crippen LogP contribution in [0.15, 0.2) is 65.6 Å². The molecule has 0 aliphatic carbocycles. The van der Waals surface area contributed by atoms with E-state index in [9.17, 15) is 13.2 Å². The first-order valence-corrected chi connectivity index (χ1v) is 11.9. The van der Waals surface area contributed by atoms with Crippen molar-refractivity contribution in [2.45, 2.75) is 31.6 Å². The standard InChI is InChI=1S/C25H26N2O4S/c1-17-13-14-22(18(2)24(17)31-3)26-25(28)20-9-6-11-21(16-20)32(29,30)27-15-7-10-19-8-4-5-12-23(19)27/h4-6,8-9,11-14,16H,7,10,15H2,1-3H3,(H,26,28). The molecule has 3 aromatic rings. The zero-order chi connectivity index (χ0) is 22.9. The van der Waals surface area contributed by atoms with E-state index in [4.69, 9.17) is 4.74 Å². The molecular formula is C25H26N2O4S. The number of methoxy groups -OCH3 is 1. The van der Waals surface area contributed by atoms with Crippen LogP contribution in [-0.4, -0.2) is 28.0 Å². The van der Waals surface area contributed by atoms with Crippen molar-refractivity contribution >= 4 is 27.3 Å². The van der Waals surface area contributed by atoms with Gasteiger partial charge in [-0.2, -0.15) is 0 Å². The van der Waals surface area contributed by atoms with Crippen LogP contribution in [0.4, 0.5) is 11.4 Å². The topological polar surface area (TPSA) is 75.7 Å². The van der Waals surface area contributed by atoms with E-state index in [1.54, 1.807) is 19.2 Å². The first-order valence-electron chi connectivity index (χ1n) is 10.5. The Morgan fingerprint density at radius 2 is 1.81 bits per heavy atom. The molecule has 3 aromatic carbocycles. The number of amides is 1. The van der Waals surface area contributed by atoms with Gasteiger partial charge in [0.25, 0.3) is 15.9 Å². The minimum Gasteiger partial charge on any atom is -0.496 e. The molecule has 32 heavy (non-hydrogen) atoms. The molecule has 1 heterocycles. The highest BCUT2D eigenvalue weighted by atomic mass is 32.2. The number of nitrogens with one attached hydrogen (secondary N) is 1. The molecule has 166 valence electrons. The van der Waals surface area contributed by atoms with Gasteiger partial charge in [0.15, 0.2) is 0 Å². The summed E-state index contributed by atoms with van der Waals surface area (Å²) in [6.07, 6.45) is 1.61. The molecule has 7 heteroatoms. The van der Waals surface area contributed by atoms with Gasteiger partial charge in [0.05, 0.1) is 17.7 Å². The molecule has 6 nitrogen and oxygen atoms in total. The summed E-state index contributed by atoms with van der Waals surface area (Å²) >= 11 is 0. The lowest BCUT2D eigenvalue weighted by atomic mass is 10.0. The average Bonchev–Trinajstić information content (AvgIpc) is 2.81. The molecule has 0 fully saturated rings. The molecule has 1 N–H and O–H groups in total. The molecule has 0 spiro atoms. The van der Waals surface area contributed by atoms with Crippen LogP contribution in [-0.2, 0) is 16.4 Å². The molecule has 0 atom stereocenters. The Kier molecular flexibility index (Phi) is 5.93. The van der Waals surface area contributed by atoms with E-state index >= 15 is 0 Å². The van der Waals surface area contributed by atoms with Crippen molar-refractivity contribution in [3.63, 3.8) is 0 Å². The van der Waals surface area contributed by atoms with Crippen LogP contribution in [0.25, 0.3) is 0 Å². The van der Waals surface area contributed by atoms with E-state index in [1.807, 2.05) is 50.2 Å². The van der Waals surface area contributed by atoms with Crippen LogP contribution in [0.2, 0.25) is 0 Å². The van der Waals surface area contributed by atoms with Crippen molar-refractivity contribution in [2.75, 3.05) is 23.3 Å². The lowest BCUT2D eigenvalue weighted by molar-refractivity contribution is 0.102. The Morgan fingerprint density at radius 3 is 2.59 bits per heavy atom. The lowest BCUT2D eigenvalue weighted by Gasteiger charge is -2.30. The number of hydrogen-bond donors (Lipinski definition) is 1. The maximum atomic E-state index is 13.4. The fourth-order valence-electron chi connectivity index (χ4n) is 4.14. The summed E-state index contributed by atoms with van der Waals surface area (Å²) in [5.74, 6) is 0.331. The van der Waals surface area contributed by atoms with E-state index in [1.165, 1.54) is 16.4 Å². The molecule has 0 radical (unpaired) electrons. The van der Waals surface area contributed by atoms with Gasteiger partial charge in [-0.25, -0.2) is 8.42 Å². The summed E-state index contributed by atoms with van der Waals surface area (Å²) in [5, 5.41) is 2.87. The summed E-state index contributed by atoms with van der Waals surface area (Å²) in [5.41, 5.74) is 4.40. The first kappa shape index (κ1) is 21.9. The molecular weight excluding hydrogens is 424 g/mol. The Balaban J connectivity index is 1.64. The molecule has 1 aliphatic heterocycles. The third kappa shape index (κ3) is 3.96. The van der Waals surface area contributed by atoms with Gasteiger partial charge in [-0.15, -0.1) is 0 Å². The van der Waals surface area contributed by atoms with Gasteiger partial charge in [0.2, 0.25) is 0 Å². The largest absolute Gasteiger partial charge is 0.496 e. The Labute approximate surface area is 188 Å². The van der Waals surface area contributed by atoms with E-state index in [-0.39, 0.29) is 16.4 Å². The fraction of sp³-hybridized carbons (Fsp3) is 0.240. The number of carbonyl (C=O) groups is 1. The normalized spacial score (nSPS) is 13.4. The Bertz CT molecular complexity index is 1280. The van der Waals surface area contributed by atoms with Crippen LogP contribution in [0.1, 0.15) is 33.5 Å². The SMILES string of the molecule is COc1c(C)ccc(NC(=O)c2cccc(S(=O)(=O)N3CCCc4ccccc43)c2)c1C. The van der Waals surface area contributed by atoms with Crippen LogP contribution >= 0.6 is 0 Å². The maximum Gasteiger partial charge on any atom is 0.264 e. The second-order valence-corrected chi connectivity index (χ2v) is 9.74. The van der Waals surface area contributed by atoms with Crippen molar-refractivity contribution in [1.29, 1.82) is 0 Å². The van der Waals surface area contributed by atoms with Crippen LogP contribution in [0.5, 0.6) is 5.75 Å². The van der Waals surface area contributed by atoms with Gasteiger partial charge in [0.1, 0.15) is 5.75 Å². The van der Waals surface area contributed by atoms with Crippen LogP contribution in [0, 0.1) is 13.8 Å². The van der Waals surface area contributed by atoms with Crippen molar-refractivity contribution in [1.82, 2.24) is 0 Å². The van der Waals surface area contributed by atoms with Crippen LogP contribution < -0.4 is 14.4 Å². The summed E-state index contributed by atoms with van der Waals surface area (Å²) in [4.78, 5) is 13.0. The van der Waals surface area contributed by atoms with Crippen molar-refractivity contribution in [2.24, 2.45) is 0 Å². The van der Waals surface area contributed by atoms with E-state index in [0.29, 0.717) is 23.7 Å². The second kappa shape index (κ2) is 8.67. The predicted octanol–water partition coefficient (Wildman–Crippen LogP) is 4.71. The third-order valence-electron chi connectivity index (χ3n) is 5.81. The average molecular weight is 451 g/mol. The number of para-hydroxylation sites is 1. The minimum atomic E-state index is -3.80. The minimum absolute atomic E-state index is 0.0973. The molecule has 0 saturated heterocycles. The number of anilines is 2. The van der Waals surface area contributed by atoms with Crippen molar-refractivity contribution < 1.29 is 17.9 Å². The summed E-state index contributed by atoms with van der Waals surface area (Å²) in [7, 11) is -2.20. The monoisotopic (exact) mass is 450 g/mol. The number of ether oxygens (including phenoxy) is 1. The molecule has 1 aliphatic rings. The highest BCUT2D eigenvalue weighted by molar-refractivity contribution is 7.92. The van der Waals surface area contributed by atoms with Gasteiger partial charge in [0, 0.05) is 23.4 Å². The number of carbonyl (C=O) groups excluding carboxylic acids is 1. The molecule has 1 amide bonds. The highest BCUT2D eigenvalue weighted by Gasteiger charge is 2.29. The summed E-state index contributed by atoms with van der Waals surface area (Å²) in [6.45, 7) is 4.22. The van der Waals surface area contributed by atoms with Crippen molar-refractivity contribution in [3.8, 4) is 5.75 Å². The fourth-order valence-corrected chi connectivity index (χ4v) is 5.73. The molecule has 0 bridgehead atoms. The van der Waals surface area contributed by atoms with Gasteiger partial charge in [-0.05, 0) is 68.1 Å². The first-order chi connectivity index (χ1) is 15.3. The molecule has 0 saturated carbocycles. The van der Waals surface area contributed by atoms with Gasteiger partial charge in [-0.3, -0.25) is 9.10 Å². The number of aryl methyl sites for hydroxylation is 2. The van der Waals surface area contributed by atoms with E-state index in [2.05, 4.69) is 5.32 Å². The highest BCUT2D eigenvalue weighted by Crippen LogP contribution is 2.32. The van der Waals surface area contributed by atoms with E-state index in [0.717, 1.165) is 29.5 Å². The zero-order valence-corrected chi connectivity index (χ0v) is 19.2. The lowest BCUT2D eigenvalue weighted by Crippen LogP contribution is -2.35. The van der Waals surface area contributed by atoms with Crippen molar-refractivity contribution in [3.05, 3.63) is 82.9 Å². The number of rotatable bonds is 5. The van der Waals surface area contributed by atoms with E-state index < -0.39 is 10.0 Å². The number of sulfonamides is 1. The second-order valence-electron chi connectivity index (χ2n) is 7.88. The summed E-state index contributed by atoms with van der Waals surface area (Å²) in [6, 6.07) is 17.4. The van der Waals surface area contributed by atoms with Gasteiger partial charge >= 0.3 is 0 Å². The summed E-state index contributed by atoms with van der Waals surface area (Å²) < 4.78 is 33.7.